The van der Waals surface area contributed by atoms with E-state index in [1.54, 1.807) is 13.0 Å². The predicted molar refractivity (Wildman–Crippen MR) is 103 cm³/mol. The molecule has 2 N–H and O–H groups in total. The fraction of sp³-hybridized carbons (Fsp3) is 0.300. The van der Waals surface area contributed by atoms with Crippen molar-refractivity contribution in [3.8, 4) is 0 Å². The van der Waals surface area contributed by atoms with E-state index in [0.717, 1.165) is 42.5 Å². The van der Waals surface area contributed by atoms with Crippen molar-refractivity contribution in [3.63, 3.8) is 0 Å². The van der Waals surface area contributed by atoms with Crippen LogP contribution in [-0.2, 0) is 15.8 Å². The van der Waals surface area contributed by atoms with Gasteiger partial charge in [-0.15, -0.1) is 0 Å². The zero-order chi connectivity index (χ0) is 20.9. The SMILES string of the molecule is CCN(CC)c1ccc(NC(=O)C(=O)Nc2cccc(C(F)(F)F)c2)c(C)c1. The van der Waals surface area contributed by atoms with Gasteiger partial charge in [0.15, 0.2) is 0 Å². The summed E-state index contributed by atoms with van der Waals surface area (Å²) in [5.74, 6) is -2.01. The fourth-order valence-corrected chi connectivity index (χ4v) is 2.71. The molecular formula is C20H22F3N3O2. The van der Waals surface area contributed by atoms with Crippen LogP contribution in [0.25, 0.3) is 0 Å². The predicted octanol–water partition coefficient (Wildman–Crippen LogP) is 4.44. The number of hydrogen-bond acceptors (Lipinski definition) is 3. The lowest BCUT2D eigenvalue weighted by molar-refractivity contribution is -0.137. The number of aryl methyl sites for hydroxylation is 1. The molecule has 0 aromatic heterocycles. The van der Waals surface area contributed by atoms with Crippen LogP contribution in [0.1, 0.15) is 25.0 Å². The summed E-state index contributed by atoms with van der Waals surface area (Å²) < 4.78 is 38.2. The Bertz CT molecular complexity index is 862. The molecule has 0 atom stereocenters. The van der Waals surface area contributed by atoms with E-state index in [4.69, 9.17) is 0 Å². The number of alkyl halides is 3. The molecule has 8 heteroatoms. The van der Waals surface area contributed by atoms with Crippen molar-refractivity contribution in [3.05, 3.63) is 53.6 Å². The number of nitrogens with one attached hydrogen (secondary N) is 2. The molecule has 28 heavy (non-hydrogen) atoms. The smallest absolute Gasteiger partial charge is 0.372 e. The van der Waals surface area contributed by atoms with Crippen LogP contribution in [0.4, 0.5) is 30.2 Å². The molecule has 0 unspecified atom stereocenters. The Labute approximate surface area is 161 Å². The molecule has 5 nitrogen and oxygen atoms in total. The number of amides is 2. The van der Waals surface area contributed by atoms with Crippen molar-refractivity contribution in [2.45, 2.75) is 26.9 Å². The zero-order valence-corrected chi connectivity index (χ0v) is 15.9. The highest BCUT2D eigenvalue weighted by Crippen LogP contribution is 2.30. The van der Waals surface area contributed by atoms with E-state index >= 15 is 0 Å². The van der Waals surface area contributed by atoms with Gasteiger partial charge in [-0.25, -0.2) is 0 Å². The summed E-state index contributed by atoms with van der Waals surface area (Å²) >= 11 is 0. The first kappa shape index (κ1) is 21.3. The van der Waals surface area contributed by atoms with Crippen molar-refractivity contribution in [1.29, 1.82) is 0 Å². The van der Waals surface area contributed by atoms with Gasteiger partial charge in [-0.2, -0.15) is 13.2 Å². The molecule has 0 aliphatic heterocycles. The number of hydrogen-bond donors (Lipinski definition) is 2. The van der Waals surface area contributed by atoms with Gasteiger partial charge in [0.05, 0.1) is 5.56 Å². The summed E-state index contributed by atoms with van der Waals surface area (Å²) in [6.45, 7) is 7.54. The second kappa shape index (κ2) is 8.77. The van der Waals surface area contributed by atoms with Crippen molar-refractivity contribution in [2.75, 3.05) is 28.6 Å². The maximum Gasteiger partial charge on any atom is 0.416 e. The highest BCUT2D eigenvalue weighted by Gasteiger charge is 2.30. The number of benzene rings is 2. The summed E-state index contributed by atoms with van der Waals surface area (Å²) in [4.78, 5) is 26.3. The Balaban J connectivity index is 2.08. The molecule has 2 aromatic rings. The molecule has 150 valence electrons. The van der Waals surface area contributed by atoms with Crippen LogP contribution in [0.3, 0.4) is 0 Å². The lowest BCUT2D eigenvalue weighted by atomic mass is 10.1. The molecule has 2 rings (SSSR count). The van der Waals surface area contributed by atoms with Gasteiger partial charge < -0.3 is 15.5 Å². The minimum absolute atomic E-state index is 0.108. The van der Waals surface area contributed by atoms with Crippen molar-refractivity contribution < 1.29 is 22.8 Å². The third-order valence-corrected chi connectivity index (χ3v) is 4.24. The van der Waals surface area contributed by atoms with Crippen molar-refractivity contribution in [1.82, 2.24) is 0 Å². The highest BCUT2D eigenvalue weighted by atomic mass is 19.4. The molecule has 2 amide bonds. The van der Waals surface area contributed by atoms with Gasteiger partial charge in [-0.05, 0) is 62.7 Å². The van der Waals surface area contributed by atoms with Crippen LogP contribution < -0.4 is 15.5 Å². The third kappa shape index (κ3) is 5.25. The number of carbonyl (C=O) groups excluding carboxylic acids is 2. The Morgan fingerprint density at radius 1 is 0.964 bits per heavy atom. The standard InChI is InChI=1S/C20H22F3N3O2/c1-4-26(5-2)16-9-10-17(13(3)11-16)25-19(28)18(27)24-15-8-6-7-14(12-15)20(21,22)23/h6-12H,4-5H2,1-3H3,(H,24,27)(H,25,28). The van der Waals surface area contributed by atoms with E-state index < -0.39 is 23.6 Å². The van der Waals surface area contributed by atoms with Gasteiger partial charge in [0, 0.05) is 30.2 Å². The first-order chi connectivity index (χ1) is 13.2. The highest BCUT2D eigenvalue weighted by molar-refractivity contribution is 6.43. The van der Waals surface area contributed by atoms with E-state index in [0.29, 0.717) is 5.69 Å². The maximum atomic E-state index is 12.7. The van der Waals surface area contributed by atoms with Crippen LogP contribution in [-0.4, -0.2) is 24.9 Å². The van der Waals surface area contributed by atoms with E-state index in [9.17, 15) is 22.8 Å². The van der Waals surface area contributed by atoms with E-state index in [1.807, 2.05) is 26.0 Å². The Hall–Kier alpha value is -3.03. The second-order valence-electron chi connectivity index (χ2n) is 6.16. The number of rotatable bonds is 5. The van der Waals surface area contributed by atoms with E-state index in [-0.39, 0.29) is 5.69 Å². The number of nitrogens with zero attached hydrogens (tertiary/aromatic N) is 1. The number of carbonyl (C=O) groups is 2. The molecule has 0 saturated carbocycles. The van der Waals surface area contributed by atoms with Gasteiger partial charge in [0.2, 0.25) is 0 Å². The molecule has 0 fully saturated rings. The summed E-state index contributed by atoms with van der Waals surface area (Å²) in [6, 6.07) is 9.52. The summed E-state index contributed by atoms with van der Waals surface area (Å²) in [7, 11) is 0. The monoisotopic (exact) mass is 393 g/mol. The molecule has 0 heterocycles. The van der Waals surface area contributed by atoms with Gasteiger partial charge in [-0.3, -0.25) is 9.59 Å². The average molecular weight is 393 g/mol. The lowest BCUT2D eigenvalue weighted by Gasteiger charge is -2.22. The molecule has 2 aromatic carbocycles. The fourth-order valence-electron chi connectivity index (χ4n) is 2.71. The Kier molecular flexibility index (Phi) is 6.66. The quantitative estimate of drug-likeness (QED) is 0.739. The Morgan fingerprint density at radius 3 is 2.18 bits per heavy atom. The average Bonchev–Trinajstić information content (AvgIpc) is 2.64. The molecule has 0 saturated heterocycles. The van der Waals surface area contributed by atoms with E-state index in [1.165, 1.54) is 6.07 Å². The zero-order valence-electron chi connectivity index (χ0n) is 15.9. The summed E-state index contributed by atoms with van der Waals surface area (Å²) in [5, 5.41) is 4.67. The number of anilines is 3. The lowest BCUT2D eigenvalue weighted by Crippen LogP contribution is -2.29. The maximum absolute atomic E-state index is 12.7. The molecule has 0 radical (unpaired) electrons. The minimum Gasteiger partial charge on any atom is -0.372 e. The second-order valence-corrected chi connectivity index (χ2v) is 6.16. The van der Waals surface area contributed by atoms with Crippen LogP contribution in [0.2, 0.25) is 0 Å². The first-order valence-corrected chi connectivity index (χ1v) is 8.80. The van der Waals surface area contributed by atoms with E-state index in [2.05, 4.69) is 15.5 Å². The van der Waals surface area contributed by atoms with Gasteiger partial charge >= 0.3 is 18.0 Å². The van der Waals surface area contributed by atoms with Crippen molar-refractivity contribution in [2.24, 2.45) is 0 Å². The Morgan fingerprint density at radius 2 is 1.61 bits per heavy atom. The molecule has 0 bridgehead atoms. The van der Waals surface area contributed by atoms with Crippen LogP contribution in [0.5, 0.6) is 0 Å². The summed E-state index contributed by atoms with van der Waals surface area (Å²) in [5.41, 5.74) is 1.20. The largest absolute Gasteiger partial charge is 0.416 e. The van der Waals surface area contributed by atoms with Crippen LogP contribution in [0, 0.1) is 6.92 Å². The minimum atomic E-state index is -4.54. The van der Waals surface area contributed by atoms with Crippen LogP contribution >= 0.6 is 0 Å². The van der Waals surface area contributed by atoms with Gasteiger partial charge in [-0.1, -0.05) is 6.07 Å². The molecule has 0 spiro atoms. The van der Waals surface area contributed by atoms with Crippen LogP contribution in [0.15, 0.2) is 42.5 Å². The first-order valence-electron chi connectivity index (χ1n) is 8.80. The van der Waals surface area contributed by atoms with Gasteiger partial charge in [0.25, 0.3) is 0 Å². The molecule has 0 aliphatic carbocycles. The topological polar surface area (TPSA) is 61.4 Å². The number of halogens is 3. The molecular weight excluding hydrogens is 371 g/mol. The summed E-state index contributed by atoms with van der Waals surface area (Å²) in [6.07, 6.45) is -4.54. The van der Waals surface area contributed by atoms with Gasteiger partial charge in [0.1, 0.15) is 0 Å². The third-order valence-electron chi connectivity index (χ3n) is 4.24. The molecule has 0 aliphatic rings. The normalized spacial score (nSPS) is 11.1. The van der Waals surface area contributed by atoms with Crippen molar-refractivity contribution >= 4 is 28.9 Å².